The fraction of sp³-hybridized carbons (Fsp3) is 0.0588. The molecule has 0 aliphatic carbocycles. The van der Waals surface area contributed by atoms with Crippen molar-refractivity contribution in [2.24, 2.45) is 0 Å². The molecule has 2 nitrogen and oxygen atoms in total. The Kier molecular flexibility index (Phi) is 3.22. The van der Waals surface area contributed by atoms with Crippen LogP contribution >= 0.6 is 0 Å². The number of ether oxygens (including phenoxy) is 2. The quantitative estimate of drug-likeness (QED) is 0.774. The number of rotatable bonds is 2. The minimum absolute atomic E-state index is 0.290. The molecule has 1 aliphatic rings. The zero-order chi connectivity index (χ0) is 15.0. The molecule has 0 saturated heterocycles. The molecule has 0 N–H and O–H groups in total. The van der Waals surface area contributed by atoms with Gasteiger partial charge in [-0.15, -0.1) is 0 Å². The van der Waals surface area contributed by atoms with Gasteiger partial charge in [0.25, 0.3) is 0 Å². The second kappa shape index (κ2) is 5.05. The van der Waals surface area contributed by atoms with Crippen molar-refractivity contribution in [3.05, 3.63) is 71.5 Å². The van der Waals surface area contributed by atoms with Crippen LogP contribution in [0.15, 0.2) is 48.7 Å². The van der Waals surface area contributed by atoms with Crippen LogP contribution < -0.4 is 9.47 Å². The van der Waals surface area contributed by atoms with E-state index >= 15 is 0 Å². The summed E-state index contributed by atoms with van der Waals surface area (Å²) in [5.74, 6) is -0.588. The van der Waals surface area contributed by atoms with Gasteiger partial charge in [0.1, 0.15) is 17.3 Å². The Morgan fingerprint density at radius 3 is 2.48 bits per heavy atom. The average molecular weight is 286 g/mol. The summed E-state index contributed by atoms with van der Waals surface area (Å²) in [5, 5.41) is 0. The summed E-state index contributed by atoms with van der Waals surface area (Å²) in [6.45, 7) is 5.31. The lowest BCUT2D eigenvalue weighted by Crippen LogP contribution is -1.99. The molecule has 3 rings (SSSR count). The predicted octanol–water partition coefficient (Wildman–Crippen LogP) is 4.98. The Balaban J connectivity index is 1.95. The maximum atomic E-state index is 13.8. The van der Waals surface area contributed by atoms with Crippen molar-refractivity contribution >= 4 is 6.08 Å². The molecule has 2 aromatic rings. The molecule has 1 heterocycles. The SMILES string of the molecule is C=C1C=Cc2ccc(Oc3c(F)cc(C)cc3F)cc2O1. The highest BCUT2D eigenvalue weighted by Crippen LogP contribution is 2.34. The molecule has 21 heavy (non-hydrogen) atoms. The van der Waals surface area contributed by atoms with Crippen LogP contribution in [0, 0.1) is 18.6 Å². The number of halogens is 2. The Morgan fingerprint density at radius 2 is 1.76 bits per heavy atom. The zero-order valence-corrected chi connectivity index (χ0v) is 11.3. The lowest BCUT2D eigenvalue weighted by Gasteiger charge is -2.15. The van der Waals surface area contributed by atoms with Crippen molar-refractivity contribution in [3.63, 3.8) is 0 Å². The van der Waals surface area contributed by atoms with E-state index in [2.05, 4.69) is 6.58 Å². The summed E-state index contributed by atoms with van der Waals surface area (Å²) >= 11 is 0. The number of fused-ring (bicyclic) bond motifs is 1. The van der Waals surface area contributed by atoms with Crippen LogP contribution in [0.1, 0.15) is 11.1 Å². The van der Waals surface area contributed by atoms with Gasteiger partial charge in [0, 0.05) is 11.6 Å². The average Bonchev–Trinajstić information content (AvgIpc) is 2.42. The van der Waals surface area contributed by atoms with E-state index in [1.54, 1.807) is 31.2 Å². The number of hydrogen-bond donors (Lipinski definition) is 0. The lowest BCUT2D eigenvalue weighted by atomic mass is 10.1. The molecule has 0 aromatic heterocycles. The molecular formula is C17H12F2O2. The fourth-order valence-electron chi connectivity index (χ4n) is 2.06. The van der Waals surface area contributed by atoms with Crippen LogP contribution in [-0.4, -0.2) is 0 Å². The van der Waals surface area contributed by atoms with Gasteiger partial charge in [0.15, 0.2) is 17.4 Å². The van der Waals surface area contributed by atoms with Gasteiger partial charge < -0.3 is 9.47 Å². The van der Waals surface area contributed by atoms with Gasteiger partial charge in [-0.05, 0) is 48.9 Å². The van der Waals surface area contributed by atoms with Crippen LogP contribution in [0.3, 0.4) is 0 Å². The van der Waals surface area contributed by atoms with Crippen LogP contribution in [0.4, 0.5) is 8.78 Å². The standard InChI is InChI=1S/C17H12F2O2/c1-10-7-14(18)17(15(19)8-10)21-13-6-5-12-4-3-11(2)20-16(12)9-13/h3-9H,2H2,1H3. The van der Waals surface area contributed by atoms with Gasteiger partial charge in [-0.1, -0.05) is 6.58 Å². The van der Waals surface area contributed by atoms with Crippen LogP contribution in [0.5, 0.6) is 17.2 Å². The van der Waals surface area contributed by atoms with E-state index in [1.165, 1.54) is 12.1 Å². The van der Waals surface area contributed by atoms with Crippen molar-refractivity contribution < 1.29 is 18.3 Å². The topological polar surface area (TPSA) is 18.5 Å². The third kappa shape index (κ3) is 2.65. The van der Waals surface area contributed by atoms with E-state index in [-0.39, 0.29) is 0 Å². The molecule has 0 amide bonds. The smallest absolute Gasteiger partial charge is 0.198 e. The third-order valence-electron chi connectivity index (χ3n) is 3.04. The Bertz CT molecular complexity index is 740. The second-order valence-electron chi connectivity index (χ2n) is 4.76. The van der Waals surface area contributed by atoms with Gasteiger partial charge in [0.05, 0.1) is 0 Å². The molecule has 0 unspecified atom stereocenters. The van der Waals surface area contributed by atoms with Crippen molar-refractivity contribution in [1.29, 1.82) is 0 Å². The third-order valence-corrected chi connectivity index (χ3v) is 3.04. The van der Waals surface area contributed by atoms with Gasteiger partial charge >= 0.3 is 0 Å². The van der Waals surface area contributed by atoms with E-state index in [4.69, 9.17) is 9.47 Å². The second-order valence-corrected chi connectivity index (χ2v) is 4.76. The minimum atomic E-state index is -0.740. The Morgan fingerprint density at radius 1 is 1.05 bits per heavy atom. The first-order valence-electron chi connectivity index (χ1n) is 6.35. The summed E-state index contributed by atoms with van der Waals surface area (Å²) in [5.41, 5.74) is 1.34. The van der Waals surface area contributed by atoms with Gasteiger partial charge in [-0.3, -0.25) is 0 Å². The summed E-state index contributed by atoms with van der Waals surface area (Å²) in [7, 11) is 0. The van der Waals surface area contributed by atoms with Gasteiger partial charge in [-0.2, -0.15) is 0 Å². The lowest BCUT2D eigenvalue weighted by molar-refractivity contribution is 0.399. The maximum absolute atomic E-state index is 13.8. The highest BCUT2D eigenvalue weighted by Gasteiger charge is 2.15. The highest BCUT2D eigenvalue weighted by atomic mass is 19.1. The van der Waals surface area contributed by atoms with E-state index < -0.39 is 17.4 Å². The molecule has 0 fully saturated rings. The molecule has 0 saturated carbocycles. The number of benzene rings is 2. The van der Waals surface area contributed by atoms with Crippen LogP contribution in [0.25, 0.3) is 6.08 Å². The molecule has 1 aliphatic heterocycles. The van der Waals surface area contributed by atoms with Gasteiger partial charge in [-0.25, -0.2) is 8.78 Å². The maximum Gasteiger partial charge on any atom is 0.198 e. The first-order chi connectivity index (χ1) is 10.0. The predicted molar refractivity (Wildman–Crippen MR) is 76.4 cm³/mol. The molecule has 106 valence electrons. The summed E-state index contributed by atoms with van der Waals surface area (Å²) in [6, 6.07) is 7.38. The van der Waals surface area contributed by atoms with E-state index in [0.717, 1.165) is 5.56 Å². The molecule has 0 radical (unpaired) electrons. The molecule has 0 atom stereocenters. The largest absolute Gasteiger partial charge is 0.457 e. The Labute approximate surface area is 120 Å². The molecule has 4 heteroatoms. The summed E-state index contributed by atoms with van der Waals surface area (Å²) in [4.78, 5) is 0. The van der Waals surface area contributed by atoms with Crippen molar-refractivity contribution in [2.45, 2.75) is 6.92 Å². The van der Waals surface area contributed by atoms with Crippen LogP contribution in [0.2, 0.25) is 0 Å². The van der Waals surface area contributed by atoms with Gasteiger partial charge in [0.2, 0.25) is 0 Å². The number of allylic oxidation sites excluding steroid dienone is 1. The van der Waals surface area contributed by atoms with Crippen molar-refractivity contribution in [1.82, 2.24) is 0 Å². The minimum Gasteiger partial charge on any atom is -0.457 e. The molecule has 2 aromatic carbocycles. The summed E-state index contributed by atoms with van der Waals surface area (Å²) < 4.78 is 38.3. The molecular weight excluding hydrogens is 274 g/mol. The Hall–Kier alpha value is -2.62. The van der Waals surface area contributed by atoms with Crippen molar-refractivity contribution in [2.75, 3.05) is 0 Å². The van der Waals surface area contributed by atoms with Crippen LogP contribution in [-0.2, 0) is 0 Å². The number of hydrogen-bond acceptors (Lipinski definition) is 2. The fourth-order valence-corrected chi connectivity index (χ4v) is 2.06. The molecule has 0 bridgehead atoms. The monoisotopic (exact) mass is 286 g/mol. The zero-order valence-electron chi connectivity index (χ0n) is 11.3. The number of aryl methyl sites for hydroxylation is 1. The van der Waals surface area contributed by atoms with E-state index in [9.17, 15) is 8.78 Å². The van der Waals surface area contributed by atoms with Crippen molar-refractivity contribution in [3.8, 4) is 17.2 Å². The first-order valence-corrected chi connectivity index (χ1v) is 6.35. The first kappa shape index (κ1) is 13.4. The summed E-state index contributed by atoms with van der Waals surface area (Å²) in [6.07, 6.45) is 3.58. The van der Waals surface area contributed by atoms with E-state index in [0.29, 0.717) is 22.8 Å². The normalized spacial score (nSPS) is 12.8. The highest BCUT2D eigenvalue weighted by molar-refractivity contribution is 5.64. The molecule has 0 spiro atoms. The van der Waals surface area contributed by atoms with E-state index in [1.807, 2.05) is 6.08 Å².